The molecule has 0 radical (unpaired) electrons. The zero-order chi connectivity index (χ0) is 24.5. The van der Waals surface area contributed by atoms with Gasteiger partial charge in [-0.15, -0.1) is 10.2 Å². The summed E-state index contributed by atoms with van der Waals surface area (Å²) in [5.41, 5.74) is 3.74. The second kappa shape index (κ2) is 9.29. The SMILES string of the molecule is O=c1c2ccc(Nc3cc(N[C@H](CO)c4ccccc4)c(-c4nnco4)cn3)cc2n2n1COCC2. The van der Waals surface area contributed by atoms with Crippen LogP contribution in [0.3, 0.4) is 0 Å². The Morgan fingerprint density at radius 3 is 2.81 bits per heavy atom. The van der Waals surface area contributed by atoms with E-state index in [9.17, 15) is 9.90 Å². The molecule has 1 aliphatic heterocycles. The molecular weight excluding hydrogens is 462 g/mol. The van der Waals surface area contributed by atoms with Crippen molar-refractivity contribution in [2.75, 3.05) is 23.8 Å². The quantitative estimate of drug-likeness (QED) is 0.318. The molecule has 0 spiro atoms. The molecule has 0 fully saturated rings. The topological polar surface area (TPSA) is 132 Å². The summed E-state index contributed by atoms with van der Waals surface area (Å²) in [6, 6.07) is 16.7. The molecule has 0 unspecified atom stereocenters. The van der Waals surface area contributed by atoms with E-state index in [4.69, 9.17) is 9.15 Å². The van der Waals surface area contributed by atoms with Crippen LogP contribution < -0.4 is 16.2 Å². The molecule has 11 heteroatoms. The van der Waals surface area contributed by atoms with Crippen molar-refractivity contribution in [3.05, 3.63) is 83.1 Å². The summed E-state index contributed by atoms with van der Waals surface area (Å²) in [5.74, 6) is 0.873. The van der Waals surface area contributed by atoms with Gasteiger partial charge in [0.1, 0.15) is 12.5 Å². The second-order valence-electron chi connectivity index (χ2n) is 8.37. The summed E-state index contributed by atoms with van der Waals surface area (Å²) < 4.78 is 14.4. The molecule has 0 saturated carbocycles. The summed E-state index contributed by atoms with van der Waals surface area (Å²) >= 11 is 0. The van der Waals surface area contributed by atoms with Crippen LogP contribution in [0.5, 0.6) is 0 Å². The number of hydrogen-bond donors (Lipinski definition) is 3. The molecule has 36 heavy (non-hydrogen) atoms. The van der Waals surface area contributed by atoms with E-state index in [1.165, 1.54) is 6.39 Å². The Bertz CT molecular complexity index is 1560. The molecular formula is C25H23N7O4. The minimum Gasteiger partial charge on any atom is -0.423 e. The molecule has 2 aromatic carbocycles. The summed E-state index contributed by atoms with van der Waals surface area (Å²) in [4.78, 5) is 17.2. The van der Waals surface area contributed by atoms with E-state index in [0.29, 0.717) is 41.5 Å². The number of nitrogens with one attached hydrogen (secondary N) is 2. The lowest BCUT2D eigenvalue weighted by Crippen LogP contribution is -2.30. The molecule has 5 aromatic rings. The highest BCUT2D eigenvalue weighted by atomic mass is 16.5. The second-order valence-corrected chi connectivity index (χ2v) is 8.37. The predicted molar refractivity (Wildman–Crippen MR) is 133 cm³/mol. The standard InChI is InChI=1S/C25H23N7O4/c33-13-21(16-4-2-1-3-5-16)29-20-11-23(26-12-19(20)24-30-27-14-36-24)28-17-6-7-18-22(10-17)31-8-9-35-15-32(31)25(18)34/h1-7,10-12,14,21,33H,8-9,13,15H2,(H2,26,28,29)/t21-/m1/s1. The van der Waals surface area contributed by atoms with E-state index in [1.54, 1.807) is 10.9 Å². The molecule has 1 aliphatic rings. The number of pyridine rings is 1. The Labute approximate surface area is 205 Å². The number of rotatable bonds is 7. The molecule has 0 aliphatic carbocycles. The van der Waals surface area contributed by atoms with Gasteiger partial charge in [-0.3, -0.25) is 9.48 Å². The van der Waals surface area contributed by atoms with E-state index in [1.807, 2.05) is 59.3 Å². The van der Waals surface area contributed by atoms with Crippen LogP contribution in [0.15, 0.2) is 76.4 Å². The molecule has 3 N–H and O–H groups in total. The van der Waals surface area contributed by atoms with Crippen LogP contribution in [0.1, 0.15) is 11.6 Å². The third-order valence-electron chi connectivity index (χ3n) is 6.17. The van der Waals surface area contributed by atoms with E-state index in [0.717, 1.165) is 16.8 Å². The van der Waals surface area contributed by atoms with Crippen LogP contribution in [0, 0.1) is 0 Å². The first kappa shape index (κ1) is 22.0. The molecule has 3 aromatic heterocycles. The van der Waals surface area contributed by atoms with Crippen LogP contribution in [0.4, 0.5) is 17.2 Å². The van der Waals surface area contributed by atoms with Crippen molar-refractivity contribution in [2.45, 2.75) is 19.3 Å². The van der Waals surface area contributed by atoms with Crippen LogP contribution in [-0.2, 0) is 18.0 Å². The Balaban J connectivity index is 1.35. The summed E-state index contributed by atoms with van der Waals surface area (Å²) in [6.07, 6.45) is 2.89. The van der Waals surface area contributed by atoms with Gasteiger partial charge >= 0.3 is 0 Å². The zero-order valence-corrected chi connectivity index (χ0v) is 19.2. The van der Waals surface area contributed by atoms with Crippen LogP contribution in [0.2, 0.25) is 0 Å². The van der Waals surface area contributed by atoms with E-state index in [2.05, 4.69) is 25.8 Å². The fraction of sp³-hybridized carbons (Fsp3) is 0.200. The lowest BCUT2D eigenvalue weighted by Gasteiger charge is -2.20. The number of anilines is 3. The fourth-order valence-electron chi connectivity index (χ4n) is 4.41. The number of nitrogens with zero attached hydrogens (tertiary/aromatic N) is 5. The summed E-state index contributed by atoms with van der Waals surface area (Å²) in [7, 11) is 0. The maximum Gasteiger partial charge on any atom is 0.276 e. The lowest BCUT2D eigenvalue weighted by molar-refractivity contribution is 0.0156. The van der Waals surface area contributed by atoms with E-state index < -0.39 is 0 Å². The maximum atomic E-state index is 12.7. The molecule has 0 saturated heterocycles. The van der Waals surface area contributed by atoms with E-state index >= 15 is 0 Å². The highest BCUT2D eigenvalue weighted by Gasteiger charge is 2.19. The van der Waals surface area contributed by atoms with Gasteiger partial charge < -0.3 is 24.9 Å². The highest BCUT2D eigenvalue weighted by Crippen LogP contribution is 2.32. The van der Waals surface area contributed by atoms with Gasteiger partial charge in [-0.1, -0.05) is 30.3 Å². The first-order chi connectivity index (χ1) is 17.7. The van der Waals surface area contributed by atoms with Gasteiger partial charge in [0.15, 0.2) is 0 Å². The molecule has 0 bridgehead atoms. The molecule has 6 rings (SSSR count). The van der Waals surface area contributed by atoms with Gasteiger partial charge in [0.25, 0.3) is 11.4 Å². The lowest BCUT2D eigenvalue weighted by atomic mass is 10.1. The average Bonchev–Trinajstić information content (AvgIpc) is 3.55. The third kappa shape index (κ3) is 4.00. The Hall–Kier alpha value is -4.48. The van der Waals surface area contributed by atoms with Crippen molar-refractivity contribution in [1.82, 2.24) is 24.5 Å². The van der Waals surface area contributed by atoms with Gasteiger partial charge in [-0.05, 0) is 23.8 Å². The van der Waals surface area contributed by atoms with Crippen molar-refractivity contribution in [1.29, 1.82) is 0 Å². The normalized spacial score (nSPS) is 13.9. The molecule has 0 amide bonds. The Morgan fingerprint density at radius 1 is 1.11 bits per heavy atom. The van der Waals surface area contributed by atoms with Gasteiger partial charge in [-0.2, -0.15) is 0 Å². The van der Waals surface area contributed by atoms with Crippen molar-refractivity contribution < 1.29 is 14.3 Å². The summed E-state index contributed by atoms with van der Waals surface area (Å²) in [5, 5.41) is 25.2. The third-order valence-corrected chi connectivity index (χ3v) is 6.17. The zero-order valence-electron chi connectivity index (χ0n) is 19.2. The largest absolute Gasteiger partial charge is 0.423 e. The van der Waals surface area contributed by atoms with Gasteiger partial charge in [0, 0.05) is 18.0 Å². The van der Waals surface area contributed by atoms with Crippen molar-refractivity contribution >= 4 is 28.1 Å². The van der Waals surface area contributed by atoms with Gasteiger partial charge in [-0.25, -0.2) is 9.67 Å². The van der Waals surface area contributed by atoms with Gasteiger partial charge in [0.05, 0.1) is 48.0 Å². The Morgan fingerprint density at radius 2 is 2.00 bits per heavy atom. The Kier molecular flexibility index (Phi) is 5.68. The van der Waals surface area contributed by atoms with Crippen molar-refractivity contribution in [3.8, 4) is 11.5 Å². The molecule has 1 atom stereocenters. The number of fused-ring (bicyclic) bond motifs is 3. The molecule has 4 heterocycles. The first-order valence-corrected chi connectivity index (χ1v) is 11.5. The smallest absolute Gasteiger partial charge is 0.276 e. The highest BCUT2D eigenvalue weighted by molar-refractivity contribution is 5.84. The minimum atomic E-state index is -0.360. The average molecular weight is 486 g/mol. The number of ether oxygens (including phenoxy) is 1. The number of aliphatic hydroxyl groups is 1. The van der Waals surface area contributed by atoms with Gasteiger partial charge in [0.2, 0.25) is 6.39 Å². The molecule has 11 nitrogen and oxygen atoms in total. The van der Waals surface area contributed by atoms with Crippen LogP contribution in [0.25, 0.3) is 22.4 Å². The number of benzene rings is 2. The van der Waals surface area contributed by atoms with Crippen LogP contribution >= 0.6 is 0 Å². The number of hydrogen-bond acceptors (Lipinski definition) is 9. The van der Waals surface area contributed by atoms with Crippen LogP contribution in [-0.4, -0.2) is 42.9 Å². The minimum absolute atomic E-state index is 0.0688. The first-order valence-electron chi connectivity index (χ1n) is 11.5. The van der Waals surface area contributed by atoms with E-state index in [-0.39, 0.29) is 24.9 Å². The predicted octanol–water partition coefficient (Wildman–Crippen LogP) is 3.12. The summed E-state index contributed by atoms with van der Waals surface area (Å²) in [6.45, 7) is 1.29. The monoisotopic (exact) mass is 485 g/mol. The maximum absolute atomic E-state index is 12.7. The number of aromatic nitrogens is 5. The number of aliphatic hydroxyl groups excluding tert-OH is 1. The fourth-order valence-corrected chi connectivity index (χ4v) is 4.41. The van der Waals surface area contributed by atoms with Crippen molar-refractivity contribution in [2.24, 2.45) is 0 Å². The van der Waals surface area contributed by atoms with Crippen molar-refractivity contribution in [3.63, 3.8) is 0 Å². The molecule has 182 valence electrons.